The summed E-state index contributed by atoms with van der Waals surface area (Å²) in [5.74, 6) is 0.972. The highest BCUT2D eigenvalue weighted by molar-refractivity contribution is 5.82. The lowest BCUT2D eigenvalue weighted by Gasteiger charge is -2.39. The van der Waals surface area contributed by atoms with Crippen molar-refractivity contribution >= 4 is 5.91 Å². The van der Waals surface area contributed by atoms with Gasteiger partial charge in [0.2, 0.25) is 5.91 Å². The number of carbonyl (C=O) groups is 1. The van der Waals surface area contributed by atoms with Gasteiger partial charge in [0.05, 0.1) is 0 Å². The van der Waals surface area contributed by atoms with Gasteiger partial charge in [0, 0.05) is 31.6 Å². The summed E-state index contributed by atoms with van der Waals surface area (Å²) in [6, 6.07) is 0. The molecule has 0 aromatic rings. The van der Waals surface area contributed by atoms with Crippen molar-refractivity contribution in [2.24, 2.45) is 11.3 Å². The Hall–Kier alpha value is -0.570. The Bertz CT molecular complexity index is 241. The first-order valence-electron chi connectivity index (χ1n) is 7.06. The molecule has 0 bridgehead atoms. The summed E-state index contributed by atoms with van der Waals surface area (Å²) in [6.07, 6.45) is 2.94. The molecule has 0 aromatic carbocycles. The van der Waals surface area contributed by atoms with Gasteiger partial charge in [-0.3, -0.25) is 4.79 Å². The van der Waals surface area contributed by atoms with Gasteiger partial charge in [-0.2, -0.15) is 0 Å². The molecule has 1 rings (SSSR count). The molecule has 1 aliphatic heterocycles. The molecule has 0 radical (unpaired) electrons. The van der Waals surface area contributed by atoms with Gasteiger partial charge in [-0.15, -0.1) is 0 Å². The molecule has 1 heterocycles. The van der Waals surface area contributed by atoms with Crippen molar-refractivity contribution in [2.75, 3.05) is 26.2 Å². The van der Waals surface area contributed by atoms with E-state index < -0.39 is 0 Å². The molecule has 1 saturated heterocycles. The van der Waals surface area contributed by atoms with E-state index in [0.717, 1.165) is 45.4 Å². The van der Waals surface area contributed by atoms with Gasteiger partial charge in [0.25, 0.3) is 0 Å². The van der Waals surface area contributed by atoms with Crippen molar-refractivity contribution in [1.82, 2.24) is 10.2 Å². The highest BCUT2D eigenvalue weighted by Gasteiger charge is 2.38. The fourth-order valence-corrected chi connectivity index (χ4v) is 2.91. The first kappa shape index (κ1) is 14.5. The maximum atomic E-state index is 12.7. The number of nitrogens with zero attached hydrogens (tertiary/aromatic N) is 1. The average Bonchev–Trinajstić information content (AvgIpc) is 2.36. The summed E-state index contributed by atoms with van der Waals surface area (Å²) in [7, 11) is 0. The van der Waals surface area contributed by atoms with Crippen molar-refractivity contribution in [3.8, 4) is 0 Å². The summed E-state index contributed by atoms with van der Waals surface area (Å²) in [4.78, 5) is 14.8. The van der Waals surface area contributed by atoms with E-state index in [1.807, 2.05) is 0 Å². The predicted molar refractivity (Wildman–Crippen MR) is 71.9 cm³/mol. The number of rotatable bonds is 5. The van der Waals surface area contributed by atoms with Crippen LogP contribution in [0.2, 0.25) is 0 Å². The zero-order valence-corrected chi connectivity index (χ0v) is 11.9. The van der Waals surface area contributed by atoms with Gasteiger partial charge in [0.15, 0.2) is 0 Å². The minimum Gasteiger partial charge on any atom is -0.340 e. The van der Waals surface area contributed by atoms with Crippen LogP contribution < -0.4 is 5.32 Å². The number of hydrogen-bond donors (Lipinski definition) is 1. The second-order valence-electron chi connectivity index (χ2n) is 5.63. The molecule has 1 aliphatic rings. The number of carbonyl (C=O) groups excluding carboxylic acids is 1. The maximum Gasteiger partial charge on any atom is 0.228 e. The third-order valence-electron chi connectivity index (χ3n) is 4.01. The van der Waals surface area contributed by atoms with E-state index in [1.165, 1.54) is 0 Å². The Morgan fingerprint density at radius 1 is 1.24 bits per heavy atom. The van der Waals surface area contributed by atoms with Crippen molar-refractivity contribution in [3.63, 3.8) is 0 Å². The van der Waals surface area contributed by atoms with Crippen LogP contribution in [-0.4, -0.2) is 37.0 Å². The Morgan fingerprint density at radius 3 is 2.18 bits per heavy atom. The zero-order chi connectivity index (χ0) is 12.9. The summed E-state index contributed by atoms with van der Waals surface area (Å²) in [6.45, 7) is 12.4. The lowest BCUT2D eigenvalue weighted by Crippen LogP contribution is -2.52. The fraction of sp³-hybridized carbons (Fsp3) is 0.929. The SMILES string of the molecule is CCC(CC)(CC(C)C)C(=O)N1CCNCC1. The second kappa shape index (κ2) is 6.39. The Kier molecular flexibility index (Phi) is 5.44. The molecule has 1 fully saturated rings. The van der Waals surface area contributed by atoms with Gasteiger partial charge in [0.1, 0.15) is 0 Å². The largest absolute Gasteiger partial charge is 0.340 e. The average molecular weight is 240 g/mol. The standard InChI is InChI=1S/C14H28N2O/c1-5-14(6-2,11-12(3)4)13(17)16-9-7-15-8-10-16/h12,15H,5-11H2,1-4H3. The minimum atomic E-state index is -0.120. The van der Waals surface area contributed by atoms with Crippen LogP contribution in [0.3, 0.4) is 0 Å². The molecule has 3 nitrogen and oxygen atoms in total. The van der Waals surface area contributed by atoms with E-state index >= 15 is 0 Å². The topological polar surface area (TPSA) is 32.3 Å². The number of hydrogen-bond acceptors (Lipinski definition) is 2. The van der Waals surface area contributed by atoms with E-state index in [0.29, 0.717) is 11.8 Å². The first-order valence-corrected chi connectivity index (χ1v) is 7.06. The van der Waals surface area contributed by atoms with Crippen LogP contribution in [0.4, 0.5) is 0 Å². The predicted octanol–water partition coefficient (Wildman–Crippen LogP) is 2.27. The van der Waals surface area contributed by atoms with Crippen LogP contribution in [0, 0.1) is 11.3 Å². The van der Waals surface area contributed by atoms with Crippen molar-refractivity contribution < 1.29 is 4.79 Å². The molecular formula is C14H28N2O. The lowest BCUT2D eigenvalue weighted by molar-refractivity contribution is -0.144. The van der Waals surface area contributed by atoms with Gasteiger partial charge in [-0.1, -0.05) is 27.7 Å². The molecule has 0 atom stereocenters. The number of nitrogens with one attached hydrogen (secondary N) is 1. The second-order valence-corrected chi connectivity index (χ2v) is 5.63. The molecule has 100 valence electrons. The van der Waals surface area contributed by atoms with Crippen LogP contribution in [0.25, 0.3) is 0 Å². The van der Waals surface area contributed by atoms with Crippen LogP contribution in [0.5, 0.6) is 0 Å². The molecule has 1 N–H and O–H groups in total. The van der Waals surface area contributed by atoms with Gasteiger partial charge >= 0.3 is 0 Å². The van der Waals surface area contributed by atoms with Crippen LogP contribution in [0.15, 0.2) is 0 Å². The van der Waals surface area contributed by atoms with Crippen molar-refractivity contribution in [1.29, 1.82) is 0 Å². The molecule has 0 aromatic heterocycles. The molecule has 17 heavy (non-hydrogen) atoms. The fourth-order valence-electron chi connectivity index (χ4n) is 2.91. The van der Waals surface area contributed by atoms with Gasteiger partial charge in [-0.05, 0) is 25.2 Å². The molecular weight excluding hydrogens is 212 g/mol. The smallest absolute Gasteiger partial charge is 0.228 e. The van der Waals surface area contributed by atoms with Crippen molar-refractivity contribution in [3.05, 3.63) is 0 Å². The summed E-state index contributed by atoms with van der Waals surface area (Å²) < 4.78 is 0. The quantitative estimate of drug-likeness (QED) is 0.799. The third-order valence-corrected chi connectivity index (χ3v) is 4.01. The van der Waals surface area contributed by atoms with E-state index in [9.17, 15) is 4.79 Å². The molecule has 0 spiro atoms. The van der Waals surface area contributed by atoms with Gasteiger partial charge in [-0.25, -0.2) is 0 Å². The first-order chi connectivity index (χ1) is 8.05. The lowest BCUT2D eigenvalue weighted by atomic mass is 9.74. The van der Waals surface area contributed by atoms with Gasteiger partial charge < -0.3 is 10.2 Å². The minimum absolute atomic E-state index is 0.120. The Labute approximate surface area is 106 Å². The van der Waals surface area contributed by atoms with Crippen molar-refractivity contribution in [2.45, 2.75) is 47.0 Å². The summed E-state index contributed by atoms with van der Waals surface area (Å²) >= 11 is 0. The Balaban J connectivity index is 2.77. The summed E-state index contributed by atoms with van der Waals surface area (Å²) in [5, 5.41) is 3.30. The normalized spacial score (nSPS) is 17.6. The molecule has 1 amide bonds. The van der Waals surface area contributed by atoms with E-state index in [2.05, 4.69) is 37.9 Å². The zero-order valence-electron chi connectivity index (χ0n) is 11.9. The maximum absolute atomic E-state index is 12.7. The summed E-state index contributed by atoms with van der Waals surface area (Å²) in [5.41, 5.74) is -0.120. The third kappa shape index (κ3) is 3.44. The number of piperazine rings is 1. The highest BCUT2D eigenvalue weighted by atomic mass is 16.2. The molecule has 0 saturated carbocycles. The Morgan fingerprint density at radius 2 is 1.76 bits per heavy atom. The van der Waals surface area contributed by atoms with Crippen LogP contribution >= 0.6 is 0 Å². The van der Waals surface area contributed by atoms with E-state index in [-0.39, 0.29) is 5.41 Å². The van der Waals surface area contributed by atoms with Crippen LogP contribution in [-0.2, 0) is 4.79 Å². The molecule has 3 heteroatoms. The van der Waals surface area contributed by atoms with E-state index in [4.69, 9.17) is 0 Å². The molecule has 0 unspecified atom stereocenters. The van der Waals surface area contributed by atoms with E-state index in [1.54, 1.807) is 0 Å². The monoisotopic (exact) mass is 240 g/mol. The van der Waals surface area contributed by atoms with Crippen LogP contribution in [0.1, 0.15) is 47.0 Å². The number of amides is 1. The molecule has 0 aliphatic carbocycles. The highest BCUT2D eigenvalue weighted by Crippen LogP contribution is 2.36.